The number of hydrogen-bond donors (Lipinski definition) is 0. The Balaban J connectivity index is 1.42. The number of morpholine rings is 1. The fourth-order valence-corrected chi connectivity index (χ4v) is 4.55. The molecule has 164 valence electrons. The van der Waals surface area contributed by atoms with E-state index in [1.54, 1.807) is 11.0 Å². The minimum atomic E-state index is -0.302. The number of para-hydroxylation sites is 1. The van der Waals surface area contributed by atoms with Gasteiger partial charge in [0.1, 0.15) is 11.6 Å². The lowest BCUT2D eigenvalue weighted by Gasteiger charge is -2.27. The molecule has 0 saturated carbocycles. The van der Waals surface area contributed by atoms with Crippen LogP contribution < -0.4 is 9.64 Å². The number of fused-ring (bicyclic) bond motifs is 1. The van der Waals surface area contributed by atoms with E-state index >= 15 is 0 Å². The van der Waals surface area contributed by atoms with Crippen molar-refractivity contribution in [1.29, 1.82) is 0 Å². The highest BCUT2D eigenvalue weighted by Gasteiger charge is 2.20. The van der Waals surface area contributed by atoms with Gasteiger partial charge in [-0.1, -0.05) is 29.5 Å². The Kier molecular flexibility index (Phi) is 7.45. The van der Waals surface area contributed by atoms with Crippen molar-refractivity contribution in [3.8, 4) is 5.75 Å². The molecule has 1 amide bonds. The molecule has 0 radical (unpaired) electrons. The van der Waals surface area contributed by atoms with Crippen molar-refractivity contribution in [3.05, 3.63) is 54.3 Å². The van der Waals surface area contributed by atoms with Crippen LogP contribution in [0.25, 0.3) is 10.2 Å². The molecule has 6 nitrogen and oxygen atoms in total. The Morgan fingerprint density at radius 3 is 2.81 bits per heavy atom. The van der Waals surface area contributed by atoms with Crippen LogP contribution in [-0.4, -0.2) is 61.8 Å². The maximum atomic E-state index is 13.6. The number of benzene rings is 2. The Labute approximate surface area is 185 Å². The lowest BCUT2D eigenvalue weighted by Crippen LogP contribution is -2.39. The zero-order valence-corrected chi connectivity index (χ0v) is 18.2. The van der Waals surface area contributed by atoms with Crippen LogP contribution >= 0.6 is 11.3 Å². The number of nitrogens with zero attached hydrogens (tertiary/aromatic N) is 3. The van der Waals surface area contributed by atoms with Gasteiger partial charge in [0.25, 0.3) is 0 Å². The van der Waals surface area contributed by atoms with E-state index < -0.39 is 0 Å². The number of carbonyl (C=O) groups excluding carboxylic acids is 1. The molecule has 0 aliphatic carbocycles. The standard InChI is InChI=1S/C23H26FN3O3S/c24-18-7-8-20-21(17-18)31-23(25-20)27(11-4-10-26-12-15-29-16-13-26)22(28)9-14-30-19-5-2-1-3-6-19/h1-3,5-8,17H,4,9-16H2. The highest BCUT2D eigenvalue weighted by atomic mass is 32.1. The van der Waals surface area contributed by atoms with Crippen LogP contribution in [0.3, 0.4) is 0 Å². The molecule has 3 aromatic rings. The van der Waals surface area contributed by atoms with Crippen molar-refractivity contribution in [1.82, 2.24) is 9.88 Å². The van der Waals surface area contributed by atoms with Gasteiger partial charge in [0.15, 0.2) is 5.13 Å². The molecule has 0 spiro atoms. The summed E-state index contributed by atoms with van der Waals surface area (Å²) < 4.78 is 25.4. The van der Waals surface area contributed by atoms with E-state index in [9.17, 15) is 9.18 Å². The predicted molar refractivity (Wildman–Crippen MR) is 120 cm³/mol. The zero-order chi connectivity index (χ0) is 21.5. The number of thiazole rings is 1. The molecule has 0 bridgehead atoms. The topological polar surface area (TPSA) is 54.9 Å². The molecule has 1 aliphatic heterocycles. The second-order valence-corrected chi connectivity index (χ2v) is 8.38. The van der Waals surface area contributed by atoms with Crippen molar-refractivity contribution < 1.29 is 18.7 Å². The van der Waals surface area contributed by atoms with E-state index in [4.69, 9.17) is 9.47 Å². The average molecular weight is 444 g/mol. The quantitative estimate of drug-likeness (QED) is 0.501. The summed E-state index contributed by atoms with van der Waals surface area (Å²) in [5, 5.41) is 0.604. The molecule has 0 unspecified atom stereocenters. The fraction of sp³-hybridized carbons (Fsp3) is 0.391. The highest BCUT2D eigenvalue weighted by molar-refractivity contribution is 7.22. The van der Waals surface area contributed by atoms with Gasteiger partial charge in [-0.05, 0) is 36.8 Å². The molecule has 2 aromatic carbocycles. The Bertz CT molecular complexity index is 992. The van der Waals surface area contributed by atoms with Crippen LogP contribution in [0.4, 0.5) is 9.52 Å². The molecule has 31 heavy (non-hydrogen) atoms. The summed E-state index contributed by atoms with van der Waals surface area (Å²) in [6, 6.07) is 14.0. The lowest BCUT2D eigenvalue weighted by atomic mass is 10.3. The third kappa shape index (κ3) is 6.00. The van der Waals surface area contributed by atoms with Crippen molar-refractivity contribution >= 4 is 32.6 Å². The van der Waals surface area contributed by atoms with E-state index in [0.29, 0.717) is 23.8 Å². The minimum Gasteiger partial charge on any atom is -0.493 e. The van der Waals surface area contributed by atoms with Gasteiger partial charge < -0.3 is 9.47 Å². The molecular weight excluding hydrogens is 417 g/mol. The first kappa shape index (κ1) is 21.7. The summed E-state index contributed by atoms with van der Waals surface area (Å²) in [7, 11) is 0. The van der Waals surface area contributed by atoms with Gasteiger partial charge >= 0.3 is 0 Å². The number of ether oxygens (including phenoxy) is 2. The summed E-state index contributed by atoms with van der Waals surface area (Å²) in [5.74, 6) is 0.395. The number of anilines is 1. The SMILES string of the molecule is O=C(CCOc1ccccc1)N(CCCN1CCOCC1)c1nc2ccc(F)cc2s1. The first-order valence-electron chi connectivity index (χ1n) is 10.5. The molecule has 4 rings (SSSR count). The molecule has 1 aliphatic rings. The van der Waals surface area contributed by atoms with Gasteiger partial charge in [0.05, 0.1) is 36.5 Å². The van der Waals surface area contributed by atoms with Gasteiger partial charge in [-0.15, -0.1) is 0 Å². The summed E-state index contributed by atoms with van der Waals surface area (Å²) in [4.78, 5) is 21.7. The summed E-state index contributed by atoms with van der Waals surface area (Å²) in [6.45, 7) is 5.09. The van der Waals surface area contributed by atoms with Crippen molar-refractivity contribution in [2.75, 3.05) is 50.9 Å². The van der Waals surface area contributed by atoms with Crippen LogP contribution in [0.1, 0.15) is 12.8 Å². The van der Waals surface area contributed by atoms with Crippen molar-refractivity contribution in [3.63, 3.8) is 0 Å². The third-order valence-corrected chi connectivity index (χ3v) is 6.20. The predicted octanol–water partition coefficient (Wildman–Crippen LogP) is 3.96. The number of rotatable bonds is 9. The van der Waals surface area contributed by atoms with Crippen molar-refractivity contribution in [2.24, 2.45) is 0 Å². The lowest BCUT2D eigenvalue weighted by molar-refractivity contribution is -0.119. The Morgan fingerprint density at radius 1 is 1.19 bits per heavy atom. The summed E-state index contributed by atoms with van der Waals surface area (Å²) >= 11 is 1.34. The number of amides is 1. The van der Waals surface area contributed by atoms with Crippen LogP contribution in [0.15, 0.2) is 48.5 Å². The Hall–Kier alpha value is -2.55. The maximum absolute atomic E-state index is 13.6. The van der Waals surface area contributed by atoms with Crippen LogP contribution in [0.5, 0.6) is 5.75 Å². The number of aromatic nitrogens is 1. The van der Waals surface area contributed by atoms with E-state index in [0.717, 1.165) is 49.7 Å². The maximum Gasteiger partial charge on any atom is 0.232 e. The van der Waals surface area contributed by atoms with Gasteiger partial charge in [-0.2, -0.15) is 0 Å². The van der Waals surface area contributed by atoms with Gasteiger partial charge in [-0.25, -0.2) is 9.37 Å². The molecule has 1 saturated heterocycles. The summed E-state index contributed by atoms with van der Waals surface area (Å²) in [5.41, 5.74) is 0.702. The van der Waals surface area contributed by atoms with E-state index in [2.05, 4.69) is 9.88 Å². The second kappa shape index (κ2) is 10.7. The first-order chi connectivity index (χ1) is 15.2. The van der Waals surface area contributed by atoms with Crippen LogP contribution in [-0.2, 0) is 9.53 Å². The number of carbonyl (C=O) groups is 1. The molecule has 2 heterocycles. The molecule has 0 atom stereocenters. The van der Waals surface area contributed by atoms with Gasteiger partial charge in [0, 0.05) is 26.2 Å². The number of halogens is 1. The van der Waals surface area contributed by atoms with Gasteiger partial charge in [-0.3, -0.25) is 14.6 Å². The fourth-order valence-electron chi connectivity index (χ4n) is 3.51. The average Bonchev–Trinajstić information content (AvgIpc) is 3.20. The minimum absolute atomic E-state index is 0.0440. The monoisotopic (exact) mass is 443 g/mol. The van der Waals surface area contributed by atoms with Crippen molar-refractivity contribution in [2.45, 2.75) is 12.8 Å². The van der Waals surface area contributed by atoms with E-state index in [-0.39, 0.29) is 18.1 Å². The molecular formula is C23H26FN3O3S. The molecule has 1 aromatic heterocycles. The largest absolute Gasteiger partial charge is 0.493 e. The van der Waals surface area contributed by atoms with Crippen LogP contribution in [0.2, 0.25) is 0 Å². The molecule has 0 N–H and O–H groups in total. The second-order valence-electron chi connectivity index (χ2n) is 7.37. The zero-order valence-electron chi connectivity index (χ0n) is 17.3. The Morgan fingerprint density at radius 2 is 2.00 bits per heavy atom. The molecule has 1 fully saturated rings. The van der Waals surface area contributed by atoms with E-state index in [1.807, 2.05) is 30.3 Å². The van der Waals surface area contributed by atoms with E-state index in [1.165, 1.54) is 23.5 Å². The third-order valence-electron chi connectivity index (χ3n) is 5.16. The summed E-state index contributed by atoms with van der Waals surface area (Å²) in [6.07, 6.45) is 1.08. The molecule has 8 heteroatoms. The number of hydrogen-bond acceptors (Lipinski definition) is 6. The smallest absolute Gasteiger partial charge is 0.232 e. The van der Waals surface area contributed by atoms with Gasteiger partial charge in [0.2, 0.25) is 5.91 Å². The van der Waals surface area contributed by atoms with Crippen LogP contribution in [0, 0.1) is 5.82 Å². The normalized spacial score (nSPS) is 14.6. The first-order valence-corrected chi connectivity index (χ1v) is 11.3. The highest BCUT2D eigenvalue weighted by Crippen LogP contribution is 2.30.